The molecule has 0 spiro atoms. The first-order valence-electron chi connectivity index (χ1n) is 6.26. The Morgan fingerprint density at radius 2 is 2.26 bits per heavy atom. The highest BCUT2D eigenvalue weighted by Gasteiger charge is 2.38. The average Bonchev–Trinajstić information content (AvgIpc) is 3.09. The molecule has 3 nitrogen and oxygen atoms in total. The summed E-state index contributed by atoms with van der Waals surface area (Å²) in [5.41, 5.74) is 1.18. The van der Waals surface area contributed by atoms with Crippen molar-refractivity contribution in [1.82, 2.24) is 5.32 Å². The summed E-state index contributed by atoms with van der Waals surface area (Å²) in [4.78, 5) is 12.0. The van der Waals surface area contributed by atoms with E-state index in [4.69, 9.17) is 16.7 Å². The van der Waals surface area contributed by atoms with Crippen LogP contribution in [0.1, 0.15) is 42.1 Å². The second kappa shape index (κ2) is 5.64. The van der Waals surface area contributed by atoms with E-state index in [9.17, 15) is 4.79 Å². The van der Waals surface area contributed by atoms with Gasteiger partial charge in [0.25, 0.3) is 5.91 Å². The SMILES string of the molecule is CC1(NC(=O)c2ccc(C#CCCO)c(Cl)c2)CC1. The quantitative estimate of drug-likeness (QED) is 0.834. The average molecular weight is 278 g/mol. The minimum atomic E-state index is -0.100. The van der Waals surface area contributed by atoms with Crippen molar-refractivity contribution >= 4 is 17.5 Å². The van der Waals surface area contributed by atoms with Crippen molar-refractivity contribution in [2.24, 2.45) is 0 Å². The van der Waals surface area contributed by atoms with Crippen molar-refractivity contribution in [2.75, 3.05) is 6.61 Å². The molecule has 0 radical (unpaired) electrons. The lowest BCUT2D eigenvalue weighted by Gasteiger charge is -2.11. The van der Waals surface area contributed by atoms with E-state index in [-0.39, 0.29) is 18.1 Å². The molecule has 1 saturated carbocycles. The summed E-state index contributed by atoms with van der Waals surface area (Å²) in [5.74, 6) is 5.57. The number of nitrogens with one attached hydrogen (secondary N) is 1. The maximum atomic E-state index is 12.0. The molecule has 0 bridgehead atoms. The minimum absolute atomic E-state index is 0.0314. The van der Waals surface area contributed by atoms with Crippen molar-refractivity contribution in [2.45, 2.75) is 31.7 Å². The predicted octanol–water partition coefficient (Wildman–Crippen LogP) is 2.36. The molecule has 1 aromatic rings. The highest BCUT2D eigenvalue weighted by atomic mass is 35.5. The van der Waals surface area contributed by atoms with Gasteiger partial charge in [-0.25, -0.2) is 0 Å². The summed E-state index contributed by atoms with van der Waals surface area (Å²) in [7, 11) is 0. The number of aliphatic hydroxyl groups is 1. The topological polar surface area (TPSA) is 49.3 Å². The Bertz CT molecular complexity index is 553. The largest absolute Gasteiger partial charge is 0.395 e. The number of benzene rings is 1. The third-order valence-corrected chi connectivity index (χ3v) is 3.42. The zero-order valence-corrected chi connectivity index (χ0v) is 11.5. The number of rotatable bonds is 3. The highest BCUT2D eigenvalue weighted by molar-refractivity contribution is 6.32. The van der Waals surface area contributed by atoms with Gasteiger partial charge in [-0.05, 0) is 38.0 Å². The van der Waals surface area contributed by atoms with E-state index < -0.39 is 0 Å². The maximum Gasteiger partial charge on any atom is 0.251 e. The lowest BCUT2D eigenvalue weighted by Crippen LogP contribution is -2.34. The van der Waals surface area contributed by atoms with Gasteiger partial charge in [0.2, 0.25) is 0 Å². The van der Waals surface area contributed by atoms with Crippen molar-refractivity contribution in [3.63, 3.8) is 0 Å². The fourth-order valence-electron chi connectivity index (χ4n) is 1.63. The smallest absolute Gasteiger partial charge is 0.251 e. The number of carbonyl (C=O) groups excluding carboxylic acids is 1. The fraction of sp³-hybridized carbons (Fsp3) is 0.400. The van der Waals surface area contributed by atoms with Gasteiger partial charge in [-0.1, -0.05) is 23.4 Å². The second-order valence-corrected chi connectivity index (χ2v) is 5.39. The van der Waals surface area contributed by atoms with Crippen LogP contribution in [0.15, 0.2) is 18.2 Å². The predicted molar refractivity (Wildman–Crippen MR) is 75.1 cm³/mol. The first kappa shape index (κ1) is 13.9. The number of hydrogen-bond donors (Lipinski definition) is 2. The first-order valence-corrected chi connectivity index (χ1v) is 6.64. The number of hydrogen-bond acceptors (Lipinski definition) is 2. The zero-order chi connectivity index (χ0) is 13.9. The molecule has 1 aromatic carbocycles. The molecule has 0 unspecified atom stereocenters. The molecule has 0 heterocycles. The molecule has 1 fully saturated rings. The number of halogens is 1. The Hall–Kier alpha value is -1.50. The Morgan fingerprint density at radius 3 is 2.84 bits per heavy atom. The van der Waals surface area contributed by atoms with Crippen molar-refractivity contribution < 1.29 is 9.90 Å². The van der Waals surface area contributed by atoms with Crippen molar-refractivity contribution in [3.05, 3.63) is 34.3 Å². The van der Waals surface area contributed by atoms with Gasteiger partial charge < -0.3 is 10.4 Å². The van der Waals surface area contributed by atoms with E-state index in [0.717, 1.165) is 12.8 Å². The Kier molecular flexibility index (Phi) is 4.14. The summed E-state index contributed by atoms with van der Waals surface area (Å²) in [6.45, 7) is 2.06. The van der Waals surface area contributed by atoms with Gasteiger partial charge in [0.15, 0.2) is 0 Å². The Balaban J connectivity index is 2.10. The number of amides is 1. The molecule has 1 amide bonds. The molecule has 4 heteroatoms. The van der Waals surface area contributed by atoms with Gasteiger partial charge in [0, 0.05) is 23.1 Å². The monoisotopic (exact) mass is 277 g/mol. The van der Waals surface area contributed by atoms with E-state index in [1.54, 1.807) is 18.2 Å². The van der Waals surface area contributed by atoms with E-state index in [1.165, 1.54) is 0 Å². The van der Waals surface area contributed by atoms with E-state index in [2.05, 4.69) is 17.2 Å². The van der Waals surface area contributed by atoms with Gasteiger partial charge in [0.1, 0.15) is 0 Å². The lowest BCUT2D eigenvalue weighted by molar-refractivity contribution is 0.0935. The molecule has 1 aliphatic rings. The molecule has 0 aromatic heterocycles. The van der Waals surface area contributed by atoms with Crippen molar-refractivity contribution in [3.8, 4) is 11.8 Å². The summed E-state index contributed by atoms with van der Waals surface area (Å²) >= 11 is 6.09. The van der Waals surface area contributed by atoms with Crippen LogP contribution in [0.3, 0.4) is 0 Å². The zero-order valence-electron chi connectivity index (χ0n) is 10.8. The molecule has 100 valence electrons. The molecule has 1 aliphatic carbocycles. The van der Waals surface area contributed by atoms with Crippen LogP contribution >= 0.6 is 11.6 Å². The summed E-state index contributed by atoms with van der Waals surface area (Å²) in [6.07, 6.45) is 2.46. The molecule has 2 rings (SSSR count). The van der Waals surface area contributed by atoms with E-state index in [1.807, 2.05) is 6.92 Å². The first-order chi connectivity index (χ1) is 9.04. The van der Waals surface area contributed by atoms with Crippen LogP contribution < -0.4 is 5.32 Å². The maximum absolute atomic E-state index is 12.0. The van der Waals surface area contributed by atoms with Gasteiger partial charge in [-0.3, -0.25) is 4.79 Å². The lowest BCUT2D eigenvalue weighted by atomic mass is 10.1. The van der Waals surface area contributed by atoms with Gasteiger partial charge >= 0.3 is 0 Å². The van der Waals surface area contributed by atoms with Crippen LogP contribution in [0.4, 0.5) is 0 Å². The highest BCUT2D eigenvalue weighted by Crippen LogP contribution is 2.34. The molecule has 0 atom stereocenters. The molecular weight excluding hydrogens is 262 g/mol. The summed E-state index contributed by atoms with van der Waals surface area (Å²) in [6, 6.07) is 5.08. The van der Waals surface area contributed by atoms with Gasteiger partial charge in [-0.2, -0.15) is 0 Å². The van der Waals surface area contributed by atoms with Crippen LogP contribution in [0.5, 0.6) is 0 Å². The Labute approximate surface area is 118 Å². The fourth-order valence-corrected chi connectivity index (χ4v) is 1.86. The summed E-state index contributed by atoms with van der Waals surface area (Å²) < 4.78 is 0. The minimum Gasteiger partial charge on any atom is -0.395 e. The van der Waals surface area contributed by atoms with E-state index in [0.29, 0.717) is 22.6 Å². The third kappa shape index (κ3) is 3.73. The number of carbonyl (C=O) groups is 1. The standard InChI is InChI=1S/C15H16ClNO2/c1-15(7-8-15)17-14(19)12-6-5-11(13(16)10-12)4-2-3-9-18/h5-6,10,18H,3,7-9H2,1H3,(H,17,19). The molecule has 19 heavy (non-hydrogen) atoms. The Morgan fingerprint density at radius 1 is 1.53 bits per heavy atom. The van der Waals surface area contributed by atoms with Gasteiger partial charge in [-0.15, -0.1) is 0 Å². The van der Waals surface area contributed by atoms with Crippen LogP contribution in [-0.4, -0.2) is 23.2 Å². The summed E-state index contributed by atoms with van der Waals surface area (Å²) in [5, 5.41) is 12.1. The number of aliphatic hydroxyl groups excluding tert-OH is 1. The molecule has 0 aliphatic heterocycles. The van der Waals surface area contributed by atoms with E-state index >= 15 is 0 Å². The van der Waals surface area contributed by atoms with Crippen LogP contribution in [0, 0.1) is 11.8 Å². The van der Waals surface area contributed by atoms with Gasteiger partial charge in [0.05, 0.1) is 11.6 Å². The second-order valence-electron chi connectivity index (χ2n) is 4.98. The normalized spacial score (nSPS) is 15.3. The third-order valence-electron chi connectivity index (χ3n) is 3.11. The van der Waals surface area contributed by atoms with Crippen molar-refractivity contribution in [1.29, 1.82) is 0 Å². The molecule has 0 saturated heterocycles. The molecule has 2 N–H and O–H groups in total. The molecular formula is C15H16ClNO2. The van der Waals surface area contributed by atoms with Crippen LogP contribution in [0.25, 0.3) is 0 Å². The van der Waals surface area contributed by atoms with Crippen LogP contribution in [-0.2, 0) is 0 Å². The van der Waals surface area contributed by atoms with Crippen LogP contribution in [0.2, 0.25) is 5.02 Å².